The van der Waals surface area contributed by atoms with E-state index in [1.54, 1.807) is 0 Å². The smallest absolute Gasteiger partial charge is 0.212 e. The highest BCUT2D eigenvalue weighted by atomic mass is 35.7. The van der Waals surface area contributed by atoms with E-state index in [0.29, 0.717) is 12.8 Å². The van der Waals surface area contributed by atoms with Gasteiger partial charge < -0.3 is 0 Å². The fraction of sp³-hybridized carbons (Fsp3) is 1.00. The fourth-order valence-corrected chi connectivity index (χ4v) is 3.27. The quantitative estimate of drug-likeness (QED) is 0.696. The van der Waals surface area contributed by atoms with Gasteiger partial charge in [0, 0.05) is 23.0 Å². The van der Waals surface area contributed by atoms with Gasteiger partial charge in [-0.1, -0.05) is 0 Å². The molecule has 2 aliphatic carbocycles. The lowest BCUT2D eigenvalue weighted by Gasteiger charge is -2.09. The van der Waals surface area contributed by atoms with Crippen molar-refractivity contribution in [2.24, 2.45) is 5.92 Å². The molecular formula is C7H9ClF2O2S. The number of rotatable bonds is 3. The van der Waals surface area contributed by atoms with Crippen molar-refractivity contribution in [2.75, 3.05) is 0 Å². The minimum atomic E-state index is -3.66. The van der Waals surface area contributed by atoms with Gasteiger partial charge >= 0.3 is 0 Å². The Balaban J connectivity index is 2.04. The Labute approximate surface area is 79.7 Å². The minimum Gasteiger partial charge on any atom is -0.212 e. The summed E-state index contributed by atoms with van der Waals surface area (Å²) in [7, 11) is 1.52. The molecule has 0 aliphatic heterocycles. The molecule has 2 rings (SSSR count). The van der Waals surface area contributed by atoms with Crippen LogP contribution in [0.2, 0.25) is 0 Å². The van der Waals surface area contributed by atoms with E-state index in [1.807, 2.05) is 0 Å². The third kappa shape index (κ3) is 1.56. The van der Waals surface area contributed by atoms with Crippen LogP contribution in [0.4, 0.5) is 8.78 Å². The second kappa shape index (κ2) is 2.37. The van der Waals surface area contributed by atoms with Crippen molar-refractivity contribution in [1.82, 2.24) is 0 Å². The van der Waals surface area contributed by atoms with E-state index in [2.05, 4.69) is 0 Å². The third-order valence-corrected chi connectivity index (χ3v) is 5.49. The van der Waals surface area contributed by atoms with E-state index < -0.39 is 25.6 Å². The van der Waals surface area contributed by atoms with Gasteiger partial charge in [0.2, 0.25) is 9.05 Å². The summed E-state index contributed by atoms with van der Waals surface area (Å²) in [5, 5.41) is 0. The second-order valence-corrected chi connectivity index (χ2v) is 6.95. The molecule has 6 heteroatoms. The Morgan fingerprint density at radius 1 is 1.38 bits per heavy atom. The lowest BCUT2D eigenvalue weighted by molar-refractivity contribution is 0.0964. The Morgan fingerprint density at radius 3 is 2.08 bits per heavy atom. The maximum absolute atomic E-state index is 12.5. The molecule has 2 fully saturated rings. The number of hydrogen-bond acceptors (Lipinski definition) is 2. The van der Waals surface area contributed by atoms with Gasteiger partial charge in [-0.3, -0.25) is 0 Å². The maximum atomic E-state index is 12.5. The van der Waals surface area contributed by atoms with Gasteiger partial charge in [0.1, 0.15) is 0 Å². The predicted molar refractivity (Wildman–Crippen MR) is 44.4 cm³/mol. The van der Waals surface area contributed by atoms with Gasteiger partial charge in [-0.15, -0.1) is 0 Å². The van der Waals surface area contributed by atoms with Crippen LogP contribution in [0.1, 0.15) is 25.7 Å². The first-order chi connectivity index (χ1) is 5.77. The predicted octanol–water partition coefficient (Wildman–Crippen LogP) is 2.13. The summed E-state index contributed by atoms with van der Waals surface area (Å²) in [6, 6.07) is 0. The van der Waals surface area contributed by atoms with Crippen LogP contribution < -0.4 is 0 Å². The summed E-state index contributed by atoms with van der Waals surface area (Å²) < 4.78 is 46.0. The first kappa shape index (κ1) is 9.65. The van der Waals surface area contributed by atoms with Crippen LogP contribution in [0.5, 0.6) is 0 Å². The van der Waals surface area contributed by atoms with E-state index in [4.69, 9.17) is 10.7 Å². The van der Waals surface area contributed by atoms with E-state index in [9.17, 15) is 17.2 Å². The first-order valence-corrected chi connectivity index (χ1v) is 6.40. The molecule has 2 saturated carbocycles. The summed E-state index contributed by atoms with van der Waals surface area (Å²) in [4.78, 5) is 0. The highest BCUT2D eigenvalue weighted by Gasteiger charge is 2.64. The molecule has 76 valence electrons. The standard InChI is InChI=1S/C7H9ClF2O2S/c8-13(11,12)6(1-2-6)3-5-4-7(5,9)10/h5H,1-4H2. The Bertz CT molecular complexity index is 334. The van der Waals surface area contributed by atoms with Gasteiger partial charge in [0.15, 0.2) is 0 Å². The molecule has 1 atom stereocenters. The Kier molecular flexibility index (Phi) is 1.76. The Hall–Kier alpha value is 0.1000. The Morgan fingerprint density at radius 2 is 1.85 bits per heavy atom. The van der Waals surface area contributed by atoms with Crippen molar-refractivity contribution in [1.29, 1.82) is 0 Å². The molecule has 13 heavy (non-hydrogen) atoms. The van der Waals surface area contributed by atoms with Crippen LogP contribution in [-0.2, 0) is 9.05 Å². The first-order valence-electron chi connectivity index (χ1n) is 4.09. The van der Waals surface area contributed by atoms with Gasteiger partial charge in [-0.05, 0) is 19.3 Å². The molecule has 0 amide bonds. The lowest BCUT2D eigenvalue weighted by Crippen LogP contribution is -2.19. The van der Waals surface area contributed by atoms with E-state index in [1.165, 1.54) is 0 Å². The monoisotopic (exact) mass is 230 g/mol. The zero-order valence-electron chi connectivity index (χ0n) is 6.76. The molecule has 2 nitrogen and oxygen atoms in total. The normalized spacial score (nSPS) is 34.2. The molecule has 0 heterocycles. The maximum Gasteiger partial charge on any atom is 0.251 e. The highest BCUT2D eigenvalue weighted by molar-refractivity contribution is 8.15. The molecular weight excluding hydrogens is 222 g/mol. The zero-order chi connectivity index (χ0) is 9.91. The van der Waals surface area contributed by atoms with Crippen LogP contribution in [-0.4, -0.2) is 19.1 Å². The van der Waals surface area contributed by atoms with Crippen molar-refractivity contribution < 1.29 is 17.2 Å². The summed E-state index contributed by atoms with van der Waals surface area (Å²) >= 11 is 0. The van der Waals surface area contributed by atoms with Crippen LogP contribution in [0, 0.1) is 5.92 Å². The topological polar surface area (TPSA) is 34.1 Å². The van der Waals surface area contributed by atoms with Gasteiger partial charge in [0.05, 0.1) is 4.75 Å². The molecule has 0 spiro atoms. The van der Waals surface area contributed by atoms with Crippen molar-refractivity contribution in [3.8, 4) is 0 Å². The molecule has 0 aromatic carbocycles. The van der Waals surface area contributed by atoms with Crippen LogP contribution in [0.3, 0.4) is 0 Å². The average molecular weight is 231 g/mol. The highest BCUT2D eigenvalue weighted by Crippen LogP contribution is 2.59. The largest absolute Gasteiger partial charge is 0.251 e. The van der Waals surface area contributed by atoms with Crippen molar-refractivity contribution in [2.45, 2.75) is 36.4 Å². The van der Waals surface area contributed by atoms with E-state index >= 15 is 0 Å². The summed E-state index contributed by atoms with van der Waals surface area (Å²) in [5.41, 5.74) is 0. The summed E-state index contributed by atoms with van der Waals surface area (Å²) in [6.07, 6.45) is 0.726. The average Bonchev–Trinajstić information content (AvgIpc) is 2.74. The molecule has 0 saturated heterocycles. The van der Waals surface area contributed by atoms with Crippen molar-refractivity contribution in [3.05, 3.63) is 0 Å². The molecule has 0 radical (unpaired) electrons. The molecule has 1 unspecified atom stereocenters. The van der Waals surface area contributed by atoms with E-state index in [0.717, 1.165) is 0 Å². The summed E-state index contributed by atoms with van der Waals surface area (Å²) in [6.45, 7) is 0. The number of alkyl halides is 2. The van der Waals surface area contributed by atoms with Crippen molar-refractivity contribution in [3.63, 3.8) is 0 Å². The molecule has 0 aromatic rings. The van der Waals surface area contributed by atoms with Crippen LogP contribution >= 0.6 is 10.7 Å². The SMILES string of the molecule is O=S(=O)(Cl)C1(CC2CC2(F)F)CC1. The van der Waals surface area contributed by atoms with Crippen LogP contribution in [0.15, 0.2) is 0 Å². The lowest BCUT2D eigenvalue weighted by atomic mass is 10.2. The van der Waals surface area contributed by atoms with E-state index in [-0.39, 0.29) is 12.8 Å². The molecule has 2 aliphatic rings. The molecule has 0 N–H and O–H groups in total. The molecule has 0 bridgehead atoms. The molecule has 0 aromatic heterocycles. The number of halogens is 3. The summed E-state index contributed by atoms with van der Waals surface area (Å²) in [5.74, 6) is -3.40. The second-order valence-electron chi connectivity index (χ2n) is 3.99. The minimum absolute atomic E-state index is 0.0336. The van der Waals surface area contributed by atoms with Crippen LogP contribution in [0.25, 0.3) is 0 Å². The van der Waals surface area contributed by atoms with Gasteiger partial charge in [-0.25, -0.2) is 17.2 Å². The van der Waals surface area contributed by atoms with Crippen molar-refractivity contribution >= 4 is 19.7 Å². The number of hydrogen-bond donors (Lipinski definition) is 0. The fourth-order valence-electron chi connectivity index (χ4n) is 1.63. The third-order valence-electron chi connectivity index (χ3n) is 2.90. The zero-order valence-corrected chi connectivity index (χ0v) is 8.34. The van der Waals surface area contributed by atoms with Gasteiger partial charge in [-0.2, -0.15) is 0 Å². The van der Waals surface area contributed by atoms with Gasteiger partial charge in [0.25, 0.3) is 5.92 Å².